The molecule has 0 spiro atoms. The van der Waals surface area contributed by atoms with Crippen molar-refractivity contribution in [1.29, 1.82) is 0 Å². The number of carbonyl (C=O) groups excluding carboxylic acids is 1. The van der Waals surface area contributed by atoms with E-state index >= 15 is 0 Å². The van der Waals surface area contributed by atoms with Crippen LogP contribution in [0.25, 0.3) is 0 Å². The minimum atomic E-state index is -0.881. The fourth-order valence-corrected chi connectivity index (χ4v) is 2.58. The molecule has 4 nitrogen and oxygen atoms in total. The molecule has 0 bridgehead atoms. The predicted octanol–water partition coefficient (Wildman–Crippen LogP) is 2.81. The largest absolute Gasteiger partial charge is 0.481 e. The van der Waals surface area contributed by atoms with Crippen LogP contribution in [0.1, 0.15) is 18.4 Å². The molecule has 1 aliphatic carbocycles. The monoisotopic (exact) mass is 311 g/mol. The third-order valence-electron chi connectivity index (χ3n) is 3.37. The van der Waals surface area contributed by atoms with Crippen molar-refractivity contribution in [3.63, 3.8) is 0 Å². The maximum atomic E-state index is 12.0. The Hall–Kier alpha value is -1.36. The van der Waals surface area contributed by atoms with Crippen LogP contribution in [-0.4, -0.2) is 17.0 Å². The number of anilines is 1. The van der Waals surface area contributed by atoms with Gasteiger partial charge in [0.05, 0.1) is 11.8 Å². The first-order valence-electron chi connectivity index (χ1n) is 5.79. The average Bonchev–Trinajstić information content (AvgIpc) is 2.19. The Morgan fingerprint density at radius 3 is 2.50 bits per heavy atom. The highest BCUT2D eigenvalue weighted by Crippen LogP contribution is 2.35. The Bertz CT molecular complexity index is 501. The molecular formula is C13H14BrNO3. The van der Waals surface area contributed by atoms with E-state index in [0.717, 1.165) is 15.7 Å². The van der Waals surface area contributed by atoms with Crippen molar-refractivity contribution < 1.29 is 14.7 Å². The summed E-state index contributed by atoms with van der Waals surface area (Å²) >= 11 is 3.35. The van der Waals surface area contributed by atoms with Gasteiger partial charge in [-0.3, -0.25) is 9.59 Å². The summed E-state index contributed by atoms with van der Waals surface area (Å²) < 4.78 is 0.949. The quantitative estimate of drug-likeness (QED) is 0.902. The summed E-state index contributed by atoms with van der Waals surface area (Å²) in [5.41, 5.74) is 1.68. The number of benzene rings is 1. The topological polar surface area (TPSA) is 66.4 Å². The third kappa shape index (κ3) is 2.56. The van der Waals surface area contributed by atoms with Gasteiger partial charge >= 0.3 is 5.97 Å². The third-order valence-corrected chi connectivity index (χ3v) is 3.87. The highest BCUT2D eigenvalue weighted by molar-refractivity contribution is 9.10. The van der Waals surface area contributed by atoms with Crippen LogP contribution in [-0.2, 0) is 9.59 Å². The number of hydrogen-bond acceptors (Lipinski definition) is 2. The maximum Gasteiger partial charge on any atom is 0.307 e. The zero-order valence-corrected chi connectivity index (χ0v) is 11.5. The molecular weight excluding hydrogens is 298 g/mol. The lowest BCUT2D eigenvalue weighted by Gasteiger charge is -2.32. The van der Waals surface area contributed by atoms with Crippen molar-refractivity contribution >= 4 is 33.5 Å². The lowest BCUT2D eigenvalue weighted by atomic mass is 9.73. The minimum absolute atomic E-state index is 0.195. The van der Waals surface area contributed by atoms with Crippen LogP contribution in [0, 0.1) is 18.8 Å². The van der Waals surface area contributed by atoms with Crippen molar-refractivity contribution in [2.24, 2.45) is 11.8 Å². The zero-order chi connectivity index (χ0) is 13.3. The van der Waals surface area contributed by atoms with E-state index in [9.17, 15) is 9.59 Å². The first-order chi connectivity index (χ1) is 8.49. The summed E-state index contributed by atoms with van der Waals surface area (Å²) in [4.78, 5) is 22.8. The molecule has 0 saturated heterocycles. The maximum absolute atomic E-state index is 12.0. The van der Waals surface area contributed by atoms with Gasteiger partial charge in [-0.1, -0.05) is 15.9 Å². The number of aliphatic carboxylic acids is 1. The Kier molecular flexibility index (Phi) is 3.71. The summed E-state index contributed by atoms with van der Waals surface area (Å²) in [7, 11) is 0. The van der Waals surface area contributed by atoms with Crippen LogP contribution < -0.4 is 5.32 Å². The van der Waals surface area contributed by atoms with Gasteiger partial charge in [0.1, 0.15) is 0 Å². The lowest BCUT2D eigenvalue weighted by Crippen LogP contribution is -2.41. The van der Waals surface area contributed by atoms with Crippen LogP contribution in [0.15, 0.2) is 22.7 Å². The van der Waals surface area contributed by atoms with E-state index in [-0.39, 0.29) is 5.91 Å². The van der Waals surface area contributed by atoms with E-state index in [1.807, 2.05) is 25.1 Å². The molecule has 18 heavy (non-hydrogen) atoms. The normalized spacial score (nSPS) is 22.1. The van der Waals surface area contributed by atoms with Crippen molar-refractivity contribution in [1.82, 2.24) is 0 Å². The fourth-order valence-electron chi connectivity index (χ4n) is 2.10. The van der Waals surface area contributed by atoms with Crippen molar-refractivity contribution in [2.45, 2.75) is 19.8 Å². The second kappa shape index (κ2) is 5.10. The first-order valence-corrected chi connectivity index (χ1v) is 6.58. The van der Waals surface area contributed by atoms with Crippen LogP contribution >= 0.6 is 15.9 Å². The SMILES string of the molecule is Cc1cc(Br)ccc1NC(=O)C1CCC1C(=O)O. The number of amides is 1. The van der Waals surface area contributed by atoms with Gasteiger partial charge < -0.3 is 10.4 Å². The molecule has 0 heterocycles. The molecule has 2 N–H and O–H groups in total. The Morgan fingerprint density at radius 1 is 1.33 bits per heavy atom. The van der Waals surface area contributed by atoms with Gasteiger partial charge in [-0.05, 0) is 43.5 Å². The van der Waals surface area contributed by atoms with Crippen LogP contribution in [0.4, 0.5) is 5.69 Å². The summed E-state index contributed by atoms with van der Waals surface area (Å²) in [6.07, 6.45) is 1.24. The molecule has 0 aliphatic heterocycles. The van der Waals surface area contributed by atoms with E-state index in [1.165, 1.54) is 0 Å². The molecule has 2 rings (SSSR count). The molecule has 1 aromatic rings. The molecule has 0 aromatic heterocycles. The predicted molar refractivity (Wildman–Crippen MR) is 71.4 cm³/mol. The van der Waals surface area contributed by atoms with Gasteiger partial charge in [-0.15, -0.1) is 0 Å². The summed E-state index contributed by atoms with van der Waals surface area (Å²) in [5, 5.41) is 11.7. The Morgan fingerprint density at radius 2 is 2.00 bits per heavy atom. The number of carbonyl (C=O) groups is 2. The number of hydrogen-bond donors (Lipinski definition) is 2. The van der Waals surface area contributed by atoms with Gasteiger partial charge in [0.15, 0.2) is 0 Å². The summed E-state index contributed by atoms with van der Waals surface area (Å²) in [6.45, 7) is 1.90. The number of halogens is 1. The number of carboxylic acids is 1. The molecule has 96 valence electrons. The van der Waals surface area contributed by atoms with E-state index in [2.05, 4.69) is 21.2 Å². The van der Waals surface area contributed by atoms with Crippen LogP contribution in [0.2, 0.25) is 0 Å². The number of aryl methyl sites for hydroxylation is 1. The van der Waals surface area contributed by atoms with Crippen molar-refractivity contribution in [3.05, 3.63) is 28.2 Å². The molecule has 1 saturated carbocycles. The molecule has 0 radical (unpaired) electrons. The van der Waals surface area contributed by atoms with Crippen LogP contribution in [0.3, 0.4) is 0 Å². The zero-order valence-electron chi connectivity index (χ0n) is 9.94. The highest BCUT2D eigenvalue weighted by atomic mass is 79.9. The molecule has 1 aliphatic rings. The molecule has 1 aromatic carbocycles. The second-order valence-corrected chi connectivity index (χ2v) is 5.49. The number of rotatable bonds is 3. The summed E-state index contributed by atoms with van der Waals surface area (Å²) in [6, 6.07) is 5.56. The average molecular weight is 312 g/mol. The fraction of sp³-hybridized carbons (Fsp3) is 0.385. The van der Waals surface area contributed by atoms with Crippen molar-refractivity contribution in [3.8, 4) is 0 Å². The Labute approximate surface area is 114 Å². The van der Waals surface area contributed by atoms with Crippen LogP contribution in [0.5, 0.6) is 0 Å². The standard InChI is InChI=1S/C13H14BrNO3/c1-7-6-8(14)2-5-11(7)15-12(16)9-3-4-10(9)13(17)18/h2,5-6,9-10H,3-4H2,1H3,(H,15,16)(H,17,18). The molecule has 2 unspecified atom stereocenters. The van der Waals surface area contributed by atoms with Crippen molar-refractivity contribution in [2.75, 3.05) is 5.32 Å². The Balaban J connectivity index is 2.05. The van der Waals surface area contributed by atoms with E-state index in [1.54, 1.807) is 0 Å². The molecule has 2 atom stereocenters. The van der Waals surface area contributed by atoms with E-state index in [4.69, 9.17) is 5.11 Å². The molecule has 1 fully saturated rings. The van der Waals surface area contributed by atoms with Gasteiger partial charge in [-0.2, -0.15) is 0 Å². The van der Waals surface area contributed by atoms with Gasteiger partial charge in [0.2, 0.25) is 5.91 Å². The minimum Gasteiger partial charge on any atom is -0.481 e. The summed E-state index contributed by atoms with van der Waals surface area (Å²) in [5.74, 6) is -2.00. The second-order valence-electron chi connectivity index (χ2n) is 4.58. The molecule has 1 amide bonds. The van der Waals surface area contributed by atoms with E-state index < -0.39 is 17.8 Å². The highest BCUT2D eigenvalue weighted by Gasteiger charge is 2.41. The van der Waals surface area contributed by atoms with E-state index in [0.29, 0.717) is 12.8 Å². The molecule has 5 heteroatoms. The first kappa shape index (κ1) is 13.1. The van der Waals surface area contributed by atoms with Gasteiger partial charge in [0, 0.05) is 10.2 Å². The number of carboxylic acid groups (broad SMARTS) is 1. The lowest BCUT2D eigenvalue weighted by molar-refractivity contribution is -0.151. The van der Waals surface area contributed by atoms with Gasteiger partial charge in [-0.25, -0.2) is 0 Å². The number of nitrogens with one attached hydrogen (secondary N) is 1. The van der Waals surface area contributed by atoms with Gasteiger partial charge in [0.25, 0.3) is 0 Å². The smallest absolute Gasteiger partial charge is 0.307 e.